The first-order valence-electron chi connectivity index (χ1n) is 6.12. The topological polar surface area (TPSA) is 53.5 Å². The predicted octanol–water partition coefficient (Wildman–Crippen LogP) is 2.04. The molecule has 0 spiro atoms. The molecule has 2 fully saturated rings. The van der Waals surface area contributed by atoms with Crippen molar-refractivity contribution in [1.29, 1.82) is 0 Å². The molecule has 1 aromatic carbocycles. The average molecular weight is 326 g/mol. The summed E-state index contributed by atoms with van der Waals surface area (Å²) < 4.78 is 14.7. The van der Waals surface area contributed by atoms with Crippen LogP contribution in [-0.4, -0.2) is 17.9 Å². The van der Waals surface area contributed by atoms with Crippen molar-refractivity contribution >= 4 is 27.8 Å². The average Bonchev–Trinajstić information content (AvgIpc) is 3.10. The number of halogens is 2. The Morgan fingerprint density at radius 3 is 2.89 bits per heavy atom. The molecule has 100 valence electrons. The van der Waals surface area contributed by atoms with Crippen LogP contribution in [0.15, 0.2) is 27.7 Å². The van der Waals surface area contributed by atoms with Crippen LogP contribution in [0.1, 0.15) is 25.3 Å². The van der Waals surface area contributed by atoms with Crippen LogP contribution in [-0.2, 0) is 10.3 Å². The van der Waals surface area contributed by atoms with Gasteiger partial charge in [0.25, 0.3) is 5.91 Å². The normalized spacial score (nSPS) is 28.4. The van der Waals surface area contributed by atoms with Gasteiger partial charge in [0.15, 0.2) is 5.96 Å². The highest BCUT2D eigenvalue weighted by Crippen LogP contribution is 2.30. The molecule has 1 amide bonds. The van der Waals surface area contributed by atoms with Gasteiger partial charge in [0.1, 0.15) is 11.4 Å². The van der Waals surface area contributed by atoms with Gasteiger partial charge < -0.3 is 5.32 Å². The third kappa shape index (κ3) is 2.25. The molecule has 1 aliphatic carbocycles. The zero-order valence-corrected chi connectivity index (χ0v) is 11.9. The summed E-state index contributed by atoms with van der Waals surface area (Å²) in [5.41, 5.74) is -0.818. The highest BCUT2D eigenvalue weighted by Gasteiger charge is 2.44. The largest absolute Gasteiger partial charge is 0.338 e. The van der Waals surface area contributed by atoms with E-state index in [0.717, 1.165) is 17.3 Å². The molecule has 1 atom stereocenters. The van der Waals surface area contributed by atoms with Crippen molar-refractivity contribution in [2.45, 2.75) is 31.3 Å². The molecule has 6 heteroatoms. The van der Waals surface area contributed by atoms with Gasteiger partial charge in [-0.05, 0) is 38.0 Å². The molecule has 1 aliphatic heterocycles. The smallest absolute Gasteiger partial charge is 0.256 e. The molecule has 2 N–H and O–H groups in total. The van der Waals surface area contributed by atoms with Gasteiger partial charge in [0.05, 0.1) is 6.04 Å². The second kappa shape index (κ2) is 4.30. The summed E-state index contributed by atoms with van der Waals surface area (Å²) in [4.78, 5) is 16.5. The Morgan fingerprint density at radius 2 is 2.21 bits per heavy atom. The Morgan fingerprint density at radius 1 is 1.47 bits per heavy atom. The third-order valence-corrected chi connectivity index (χ3v) is 3.87. The number of amides is 1. The zero-order valence-electron chi connectivity index (χ0n) is 10.3. The molecule has 19 heavy (non-hydrogen) atoms. The van der Waals surface area contributed by atoms with E-state index in [2.05, 4.69) is 31.6 Å². The maximum absolute atomic E-state index is 14.0. The zero-order chi connectivity index (χ0) is 13.6. The second-order valence-electron chi connectivity index (χ2n) is 5.04. The van der Waals surface area contributed by atoms with Crippen LogP contribution < -0.4 is 10.6 Å². The molecule has 2 aliphatic rings. The molecule has 3 rings (SSSR count). The van der Waals surface area contributed by atoms with E-state index in [1.165, 1.54) is 6.07 Å². The maximum Gasteiger partial charge on any atom is 0.256 e. The van der Waals surface area contributed by atoms with Crippen molar-refractivity contribution in [3.05, 3.63) is 34.1 Å². The Bertz CT molecular complexity index is 585. The number of aliphatic imine (C=N–C) groups is 1. The number of hydrogen-bond acceptors (Lipinski definition) is 2. The predicted molar refractivity (Wildman–Crippen MR) is 73.2 cm³/mol. The molecule has 1 saturated carbocycles. The van der Waals surface area contributed by atoms with Crippen LogP contribution in [0.25, 0.3) is 0 Å². The maximum atomic E-state index is 14.0. The Balaban J connectivity index is 1.98. The number of nitrogens with one attached hydrogen (secondary N) is 2. The van der Waals surface area contributed by atoms with Gasteiger partial charge in [-0.25, -0.2) is 9.38 Å². The van der Waals surface area contributed by atoms with Crippen LogP contribution in [0.4, 0.5) is 4.39 Å². The Kier molecular flexibility index (Phi) is 2.85. The van der Waals surface area contributed by atoms with Crippen LogP contribution in [0, 0.1) is 5.82 Å². The lowest BCUT2D eigenvalue weighted by atomic mass is 9.92. The highest BCUT2D eigenvalue weighted by atomic mass is 79.9. The van der Waals surface area contributed by atoms with Crippen molar-refractivity contribution in [2.24, 2.45) is 4.99 Å². The van der Waals surface area contributed by atoms with Crippen LogP contribution in [0.5, 0.6) is 0 Å². The fourth-order valence-corrected chi connectivity index (χ4v) is 2.44. The van der Waals surface area contributed by atoms with E-state index in [-0.39, 0.29) is 11.9 Å². The summed E-state index contributed by atoms with van der Waals surface area (Å²) in [6, 6.07) is 4.85. The minimum atomic E-state index is -1.12. The van der Waals surface area contributed by atoms with Crippen molar-refractivity contribution < 1.29 is 9.18 Å². The lowest BCUT2D eigenvalue weighted by molar-refractivity contribution is -0.123. The van der Waals surface area contributed by atoms with Crippen molar-refractivity contribution in [3.8, 4) is 0 Å². The fraction of sp³-hybridized carbons (Fsp3) is 0.385. The van der Waals surface area contributed by atoms with E-state index >= 15 is 0 Å². The van der Waals surface area contributed by atoms with Crippen LogP contribution in [0.2, 0.25) is 0 Å². The molecule has 1 saturated heterocycles. The third-order valence-electron chi connectivity index (χ3n) is 3.38. The number of hydrogen-bond donors (Lipinski definition) is 2. The number of benzene rings is 1. The first-order valence-corrected chi connectivity index (χ1v) is 6.91. The summed E-state index contributed by atoms with van der Waals surface area (Å²) >= 11 is 3.30. The summed E-state index contributed by atoms with van der Waals surface area (Å²) in [5, 5.41) is 5.68. The highest BCUT2D eigenvalue weighted by molar-refractivity contribution is 9.10. The minimum absolute atomic E-state index is 0.288. The SMILES string of the molecule is CC1(c2cc(Br)ccc2F)NC(=NC2CC2)NC1=O. The lowest BCUT2D eigenvalue weighted by Crippen LogP contribution is -2.41. The number of nitrogens with zero attached hydrogens (tertiary/aromatic N) is 1. The molecule has 1 heterocycles. The van der Waals surface area contributed by atoms with Gasteiger partial charge in [-0.3, -0.25) is 10.1 Å². The molecule has 1 unspecified atom stereocenters. The molecule has 0 bridgehead atoms. The standard InChI is InChI=1S/C13H13BrFN3O/c1-13(9-6-7(14)2-5-10(9)15)11(19)17-12(18-13)16-8-3-4-8/h2,5-6,8H,3-4H2,1H3,(H2,16,17,18,19). The monoisotopic (exact) mass is 325 g/mol. The van der Waals surface area contributed by atoms with Gasteiger partial charge in [0.2, 0.25) is 0 Å². The van der Waals surface area contributed by atoms with E-state index in [9.17, 15) is 9.18 Å². The first kappa shape index (κ1) is 12.6. The van der Waals surface area contributed by atoms with Gasteiger partial charge in [-0.15, -0.1) is 0 Å². The minimum Gasteiger partial charge on any atom is -0.338 e. The van der Waals surface area contributed by atoms with Crippen LogP contribution in [0.3, 0.4) is 0 Å². The van der Waals surface area contributed by atoms with Gasteiger partial charge in [-0.1, -0.05) is 15.9 Å². The van der Waals surface area contributed by atoms with Gasteiger partial charge in [0, 0.05) is 10.0 Å². The quantitative estimate of drug-likeness (QED) is 0.874. The van der Waals surface area contributed by atoms with Gasteiger partial charge in [-0.2, -0.15) is 0 Å². The first-order chi connectivity index (χ1) is 8.99. The molecular formula is C13H13BrFN3O. The summed E-state index contributed by atoms with van der Waals surface area (Å²) in [6.07, 6.45) is 2.09. The van der Waals surface area contributed by atoms with E-state index in [1.54, 1.807) is 19.1 Å². The number of carbonyl (C=O) groups excluding carboxylic acids is 1. The van der Waals surface area contributed by atoms with Gasteiger partial charge >= 0.3 is 0 Å². The van der Waals surface area contributed by atoms with Crippen molar-refractivity contribution in [2.75, 3.05) is 0 Å². The van der Waals surface area contributed by atoms with Crippen LogP contribution >= 0.6 is 15.9 Å². The molecule has 0 radical (unpaired) electrons. The number of guanidine groups is 1. The van der Waals surface area contributed by atoms with Crippen molar-refractivity contribution in [1.82, 2.24) is 10.6 Å². The molecule has 1 aromatic rings. The molecule has 0 aromatic heterocycles. The van der Waals surface area contributed by atoms with E-state index in [1.807, 2.05) is 0 Å². The Hall–Kier alpha value is -1.43. The van der Waals surface area contributed by atoms with E-state index < -0.39 is 11.4 Å². The fourth-order valence-electron chi connectivity index (χ4n) is 2.08. The van der Waals surface area contributed by atoms with Crippen molar-refractivity contribution in [3.63, 3.8) is 0 Å². The van der Waals surface area contributed by atoms with E-state index in [4.69, 9.17) is 0 Å². The summed E-state index contributed by atoms with van der Waals surface area (Å²) in [6.45, 7) is 1.66. The number of carbonyl (C=O) groups is 1. The molecular weight excluding hydrogens is 313 g/mol. The summed E-state index contributed by atoms with van der Waals surface area (Å²) in [7, 11) is 0. The Labute approximate surface area is 118 Å². The summed E-state index contributed by atoms with van der Waals surface area (Å²) in [5.74, 6) is -0.265. The number of rotatable bonds is 2. The lowest BCUT2D eigenvalue weighted by Gasteiger charge is -2.22. The van der Waals surface area contributed by atoms with E-state index in [0.29, 0.717) is 11.5 Å². The second-order valence-corrected chi connectivity index (χ2v) is 5.95. The molecule has 4 nitrogen and oxygen atoms in total.